The summed E-state index contributed by atoms with van der Waals surface area (Å²) >= 11 is 0. The number of Topliss-reactive ketones (excluding diaryl/α,β-unsaturated/α-hetero) is 1. The topological polar surface area (TPSA) is 342 Å². The standard InChI is InChI=1S/C58H86O25/c1-22-36(79-42-20-39(55(28(7)75-42)77-30(9)60)82-40-17-35(62)54(71-13)27(6)74-40)16-33-14-32-15-34(53(70-12)23(2)47(63)24(3)59)56(52(68)46(32)51(67)45(33)48(22)64)83-43-19-37(49(65)26(5)73-43)80-41-18-38(50(66)25(4)72-41)81-44-21-58(11,69)57(29(8)76-44)78-31(10)61/h14,16,23-29,34-35,37-44,47,49-50,53-57,59,62-67,69H,15,17-21H2,1-13H3. The molecule has 8 N–H and O–H groups in total. The second-order valence-corrected chi connectivity index (χ2v) is 23.6. The number of aliphatic hydroxyl groups excluding tert-OH is 5. The Morgan fingerprint density at radius 3 is 1.78 bits per heavy atom. The van der Waals surface area contributed by atoms with Crippen LogP contribution in [0.2, 0.25) is 0 Å². The molecule has 5 heterocycles. The number of ketones is 1. The Hall–Kier alpha value is -3.97. The van der Waals surface area contributed by atoms with E-state index in [1.165, 1.54) is 41.9 Å². The molecule has 0 saturated carbocycles. The van der Waals surface area contributed by atoms with Gasteiger partial charge in [-0.2, -0.15) is 0 Å². The lowest BCUT2D eigenvalue weighted by Gasteiger charge is -2.46. The third-order valence-corrected chi connectivity index (χ3v) is 17.2. The first-order valence-electron chi connectivity index (χ1n) is 28.7. The molecule has 0 amide bonds. The number of rotatable bonds is 18. The molecule has 5 saturated heterocycles. The summed E-state index contributed by atoms with van der Waals surface area (Å²) in [6.45, 7) is 16.9. The normalized spacial score (nSPS) is 40.2. The second kappa shape index (κ2) is 26.6. The fraction of sp³-hybridized carbons (Fsp3) is 0.776. The molecule has 1 aliphatic carbocycles. The zero-order valence-corrected chi connectivity index (χ0v) is 49.3. The van der Waals surface area contributed by atoms with E-state index in [0.29, 0.717) is 5.56 Å². The molecule has 0 bridgehead atoms. The molecule has 2 aromatic carbocycles. The van der Waals surface area contributed by atoms with Gasteiger partial charge < -0.3 is 107 Å². The molecule has 0 spiro atoms. The molecular weight excluding hydrogens is 1100 g/mol. The molecule has 83 heavy (non-hydrogen) atoms. The van der Waals surface area contributed by atoms with E-state index in [9.17, 15) is 50.4 Å². The summed E-state index contributed by atoms with van der Waals surface area (Å²) in [4.78, 5) is 39.3. The number of methoxy groups -OCH3 is 2. The molecule has 2 aromatic rings. The molecule has 25 heteroatoms. The third kappa shape index (κ3) is 14.1. The highest BCUT2D eigenvalue weighted by Gasteiger charge is 2.52. The van der Waals surface area contributed by atoms with Gasteiger partial charge in [-0.15, -0.1) is 0 Å². The van der Waals surface area contributed by atoms with Crippen molar-refractivity contribution in [2.24, 2.45) is 11.8 Å². The molecule has 6 aliphatic rings. The summed E-state index contributed by atoms with van der Waals surface area (Å²) in [7, 11) is 2.88. The Morgan fingerprint density at radius 2 is 1.22 bits per heavy atom. The van der Waals surface area contributed by atoms with Crippen molar-refractivity contribution in [1.29, 1.82) is 0 Å². The van der Waals surface area contributed by atoms with Gasteiger partial charge in [-0.3, -0.25) is 14.4 Å². The molecular formula is C58H86O25. The zero-order valence-electron chi connectivity index (χ0n) is 49.3. The number of benzene rings is 2. The number of aromatic hydroxyl groups is 2. The van der Waals surface area contributed by atoms with E-state index in [1.54, 1.807) is 60.6 Å². The first-order chi connectivity index (χ1) is 39.0. The lowest BCUT2D eigenvalue weighted by molar-refractivity contribution is -0.334. The molecule has 0 aromatic heterocycles. The first kappa shape index (κ1) is 65.0. The number of esters is 2. The van der Waals surface area contributed by atoms with E-state index in [1.807, 2.05) is 0 Å². The Balaban J connectivity index is 1.04. The van der Waals surface area contributed by atoms with Crippen molar-refractivity contribution in [1.82, 2.24) is 0 Å². The van der Waals surface area contributed by atoms with Crippen LogP contribution in [0.25, 0.3) is 10.8 Å². The number of carbonyl (C=O) groups excluding carboxylic acids is 3. The van der Waals surface area contributed by atoms with Crippen LogP contribution in [0.5, 0.6) is 17.2 Å². The molecule has 25 nitrogen and oxygen atoms in total. The van der Waals surface area contributed by atoms with Gasteiger partial charge in [-0.25, -0.2) is 0 Å². The predicted molar refractivity (Wildman–Crippen MR) is 287 cm³/mol. The van der Waals surface area contributed by atoms with Gasteiger partial charge in [-0.1, -0.05) is 6.92 Å². The number of phenols is 2. The van der Waals surface area contributed by atoms with Crippen molar-refractivity contribution < 1.29 is 122 Å². The lowest BCUT2D eigenvalue weighted by Crippen LogP contribution is -2.59. The molecule has 8 rings (SSSR count). The highest BCUT2D eigenvalue weighted by atomic mass is 16.7. The number of ether oxygens (including phenoxy) is 14. The van der Waals surface area contributed by atoms with Gasteiger partial charge in [0, 0.05) is 77.6 Å². The van der Waals surface area contributed by atoms with Crippen LogP contribution in [0, 0.1) is 18.8 Å². The van der Waals surface area contributed by atoms with Crippen LogP contribution < -0.4 is 4.74 Å². The highest BCUT2D eigenvalue weighted by molar-refractivity contribution is 6.11. The van der Waals surface area contributed by atoms with E-state index < -0.39 is 188 Å². The minimum Gasteiger partial charge on any atom is -0.507 e. The van der Waals surface area contributed by atoms with Gasteiger partial charge in [0.1, 0.15) is 53.4 Å². The SMILES string of the molecule is COC1C(O)CC(OC2CC(Oc3cc4cc5c(c(O)c4c(O)c3C)C(=O)C(OC3CC(OC4CC(OC6CC(C)(O)C(OC(C)=O)C(C)O6)C(O)C(C)O4)C(O)C(C)O3)C(C(OC)C(C)C(O)C(C)O)C5)OC(C)C2OC(C)=O)OC1C. The summed E-state index contributed by atoms with van der Waals surface area (Å²) < 4.78 is 85.1. The van der Waals surface area contributed by atoms with E-state index >= 15 is 4.79 Å². The van der Waals surface area contributed by atoms with E-state index in [2.05, 4.69) is 0 Å². The van der Waals surface area contributed by atoms with E-state index in [0.717, 1.165) is 0 Å². The highest BCUT2D eigenvalue weighted by Crippen LogP contribution is 2.48. The smallest absolute Gasteiger partial charge is 0.303 e. The van der Waals surface area contributed by atoms with Crippen molar-refractivity contribution in [2.45, 2.75) is 262 Å². The quantitative estimate of drug-likeness (QED) is 0.0995. The number of phenolic OH excluding ortho intramolecular Hbond substituents is 2. The van der Waals surface area contributed by atoms with Crippen LogP contribution in [-0.2, 0) is 77.6 Å². The predicted octanol–water partition coefficient (Wildman–Crippen LogP) is 2.61. The molecule has 0 radical (unpaired) electrons. The maximum absolute atomic E-state index is 15.3. The summed E-state index contributed by atoms with van der Waals surface area (Å²) in [6, 6.07) is 3.22. The maximum Gasteiger partial charge on any atom is 0.303 e. The van der Waals surface area contributed by atoms with Crippen LogP contribution in [0.4, 0.5) is 0 Å². The molecule has 468 valence electrons. The molecule has 5 fully saturated rings. The number of aliphatic hydroxyl groups is 6. The van der Waals surface area contributed by atoms with Gasteiger partial charge in [-0.05, 0) is 84.9 Å². The van der Waals surface area contributed by atoms with Crippen LogP contribution in [0.15, 0.2) is 12.1 Å². The van der Waals surface area contributed by atoms with Gasteiger partial charge in [0.2, 0.25) is 6.29 Å². The van der Waals surface area contributed by atoms with Crippen molar-refractivity contribution >= 4 is 28.5 Å². The van der Waals surface area contributed by atoms with E-state index in [-0.39, 0.29) is 66.2 Å². The Kier molecular flexibility index (Phi) is 20.8. The summed E-state index contributed by atoms with van der Waals surface area (Å²) in [6.07, 6.45) is -22.9. The van der Waals surface area contributed by atoms with Gasteiger partial charge in [0.15, 0.2) is 43.2 Å². The summed E-state index contributed by atoms with van der Waals surface area (Å²) in [5.41, 5.74) is -1.18. The Labute approximate surface area is 482 Å². The summed E-state index contributed by atoms with van der Waals surface area (Å²) in [5, 5.41) is 91.0. The molecule has 26 atom stereocenters. The molecule has 26 unspecified atom stereocenters. The number of fused-ring (bicyclic) bond motifs is 2. The van der Waals surface area contributed by atoms with Crippen molar-refractivity contribution in [3.63, 3.8) is 0 Å². The van der Waals surface area contributed by atoms with Crippen LogP contribution in [0.3, 0.4) is 0 Å². The second-order valence-electron chi connectivity index (χ2n) is 23.6. The zero-order chi connectivity index (χ0) is 60.8. The molecule has 5 aliphatic heterocycles. The van der Waals surface area contributed by atoms with Crippen LogP contribution >= 0.6 is 0 Å². The minimum atomic E-state index is -1.53. The Bertz CT molecular complexity index is 2570. The van der Waals surface area contributed by atoms with Crippen molar-refractivity contribution in [3.05, 3.63) is 28.8 Å². The van der Waals surface area contributed by atoms with Crippen LogP contribution in [-0.4, -0.2) is 220 Å². The average molecular weight is 1180 g/mol. The fourth-order valence-electron chi connectivity index (χ4n) is 13.0. The van der Waals surface area contributed by atoms with Gasteiger partial charge >= 0.3 is 11.9 Å². The number of hydrogen-bond donors (Lipinski definition) is 8. The van der Waals surface area contributed by atoms with Crippen molar-refractivity contribution in [2.75, 3.05) is 14.2 Å². The largest absolute Gasteiger partial charge is 0.507 e. The van der Waals surface area contributed by atoms with E-state index in [4.69, 9.17) is 66.3 Å². The Morgan fingerprint density at radius 1 is 0.687 bits per heavy atom. The van der Waals surface area contributed by atoms with Crippen LogP contribution in [0.1, 0.15) is 123 Å². The fourth-order valence-corrected chi connectivity index (χ4v) is 13.0. The number of hydrogen-bond acceptors (Lipinski definition) is 25. The minimum absolute atomic E-state index is 0.00677. The lowest BCUT2D eigenvalue weighted by atomic mass is 9.72. The van der Waals surface area contributed by atoms with Gasteiger partial charge in [0.05, 0.1) is 78.1 Å². The average Bonchev–Trinajstić information content (AvgIpc) is 3.47. The van der Waals surface area contributed by atoms with Crippen molar-refractivity contribution in [3.8, 4) is 17.2 Å². The van der Waals surface area contributed by atoms with Gasteiger partial charge in [0.25, 0.3) is 0 Å². The third-order valence-electron chi connectivity index (χ3n) is 17.2. The monoisotopic (exact) mass is 1180 g/mol. The summed E-state index contributed by atoms with van der Waals surface area (Å²) in [5.74, 6) is -4.42. The maximum atomic E-state index is 15.3. The number of carbonyl (C=O) groups is 3. The first-order valence-corrected chi connectivity index (χ1v) is 28.7.